The van der Waals surface area contributed by atoms with Gasteiger partial charge < -0.3 is 9.30 Å². The summed E-state index contributed by atoms with van der Waals surface area (Å²) >= 11 is 0. The van der Waals surface area contributed by atoms with Gasteiger partial charge in [-0.2, -0.15) is 0 Å². The van der Waals surface area contributed by atoms with E-state index in [2.05, 4.69) is 4.98 Å². The van der Waals surface area contributed by atoms with Crippen LogP contribution >= 0.6 is 0 Å². The third-order valence-electron chi connectivity index (χ3n) is 3.41. The molecular weight excluding hydrogens is 264 g/mol. The van der Waals surface area contributed by atoms with E-state index in [4.69, 9.17) is 4.74 Å². The van der Waals surface area contributed by atoms with Gasteiger partial charge in [0, 0.05) is 30.0 Å². The molecule has 0 spiro atoms. The summed E-state index contributed by atoms with van der Waals surface area (Å²) in [5, 5.41) is 1.04. The van der Waals surface area contributed by atoms with Crippen LogP contribution in [0.3, 0.4) is 0 Å². The predicted molar refractivity (Wildman–Crippen MR) is 81.2 cm³/mol. The summed E-state index contributed by atoms with van der Waals surface area (Å²) in [5.74, 6) is -0.0201. The van der Waals surface area contributed by atoms with E-state index in [1.54, 1.807) is 24.5 Å². The molecule has 0 unspecified atom stereocenters. The van der Waals surface area contributed by atoms with Gasteiger partial charge in [0.05, 0.1) is 11.2 Å². The molecule has 106 valence electrons. The van der Waals surface area contributed by atoms with Gasteiger partial charge in [-0.1, -0.05) is 18.2 Å². The van der Waals surface area contributed by atoms with Gasteiger partial charge in [0.15, 0.2) is 0 Å². The second-order valence-corrected chi connectivity index (χ2v) is 4.70. The van der Waals surface area contributed by atoms with Crippen LogP contribution < -0.4 is 0 Å². The second-order valence-electron chi connectivity index (χ2n) is 4.70. The van der Waals surface area contributed by atoms with Gasteiger partial charge in [0.1, 0.15) is 6.73 Å². The zero-order chi connectivity index (χ0) is 14.7. The van der Waals surface area contributed by atoms with Gasteiger partial charge in [-0.15, -0.1) is 0 Å². The molecule has 0 aliphatic heterocycles. The van der Waals surface area contributed by atoms with Crippen molar-refractivity contribution in [1.82, 2.24) is 9.55 Å². The number of pyridine rings is 1. The fraction of sp³-hybridized carbons (Fsp3) is 0.176. The molecule has 2 heterocycles. The Hall–Kier alpha value is -2.46. The van der Waals surface area contributed by atoms with E-state index in [9.17, 15) is 4.79 Å². The van der Waals surface area contributed by atoms with Crippen LogP contribution in [0, 0.1) is 0 Å². The minimum absolute atomic E-state index is 0.0201. The number of benzene rings is 1. The molecule has 1 aromatic carbocycles. The molecule has 0 radical (unpaired) electrons. The third kappa shape index (κ3) is 2.58. The average molecular weight is 280 g/mol. The highest BCUT2D eigenvalue weighted by Crippen LogP contribution is 2.22. The molecule has 2 aromatic heterocycles. The molecule has 4 nitrogen and oxygen atoms in total. The summed E-state index contributed by atoms with van der Waals surface area (Å²) in [7, 11) is 0. The molecular formula is C17H16N2O2. The van der Waals surface area contributed by atoms with E-state index in [-0.39, 0.29) is 5.78 Å². The fourth-order valence-electron chi connectivity index (χ4n) is 2.37. The first-order valence-electron chi connectivity index (χ1n) is 6.92. The monoisotopic (exact) mass is 280 g/mol. The SMILES string of the molecule is CCOCn1c(C(=O)c2ccncc2)cc2ccccc21. The maximum Gasteiger partial charge on any atom is 0.209 e. The van der Waals surface area contributed by atoms with Crippen molar-refractivity contribution in [3.63, 3.8) is 0 Å². The number of ether oxygens (including phenoxy) is 1. The Labute approximate surface area is 123 Å². The molecule has 0 fully saturated rings. The van der Waals surface area contributed by atoms with Crippen LogP contribution in [0.15, 0.2) is 54.9 Å². The van der Waals surface area contributed by atoms with Crippen molar-refractivity contribution in [3.8, 4) is 0 Å². The molecule has 3 aromatic rings. The first-order chi connectivity index (χ1) is 10.3. The summed E-state index contributed by atoms with van der Waals surface area (Å²) in [4.78, 5) is 16.6. The van der Waals surface area contributed by atoms with Crippen molar-refractivity contribution in [1.29, 1.82) is 0 Å². The van der Waals surface area contributed by atoms with E-state index in [0.717, 1.165) is 10.9 Å². The first kappa shape index (κ1) is 13.5. The summed E-state index contributed by atoms with van der Waals surface area (Å²) in [6.45, 7) is 2.92. The molecule has 0 bridgehead atoms. The number of para-hydroxylation sites is 1. The van der Waals surface area contributed by atoms with Gasteiger partial charge >= 0.3 is 0 Å². The maximum absolute atomic E-state index is 12.7. The molecule has 0 saturated heterocycles. The highest BCUT2D eigenvalue weighted by molar-refractivity contribution is 6.10. The lowest BCUT2D eigenvalue weighted by Gasteiger charge is -2.10. The quantitative estimate of drug-likeness (QED) is 0.674. The summed E-state index contributed by atoms with van der Waals surface area (Å²) in [5.41, 5.74) is 2.27. The summed E-state index contributed by atoms with van der Waals surface area (Å²) < 4.78 is 7.43. The predicted octanol–water partition coefficient (Wildman–Crippen LogP) is 3.26. The van der Waals surface area contributed by atoms with Gasteiger partial charge in [-0.3, -0.25) is 9.78 Å². The van der Waals surface area contributed by atoms with E-state index in [0.29, 0.717) is 24.6 Å². The lowest BCUT2D eigenvalue weighted by molar-refractivity contribution is 0.0847. The number of aromatic nitrogens is 2. The van der Waals surface area contributed by atoms with Crippen LogP contribution in [0.1, 0.15) is 23.0 Å². The Morgan fingerprint density at radius 1 is 1.19 bits per heavy atom. The van der Waals surface area contributed by atoms with Crippen LogP contribution in [-0.2, 0) is 11.5 Å². The summed E-state index contributed by atoms with van der Waals surface area (Å²) in [6, 6.07) is 13.3. The number of carbonyl (C=O) groups excluding carboxylic acids is 1. The van der Waals surface area contributed by atoms with Crippen LogP contribution in [0.25, 0.3) is 10.9 Å². The van der Waals surface area contributed by atoms with Crippen molar-refractivity contribution < 1.29 is 9.53 Å². The highest BCUT2D eigenvalue weighted by atomic mass is 16.5. The average Bonchev–Trinajstić information content (AvgIpc) is 2.91. The molecule has 0 aliphatic carbocycles. The maximum atomic E-state index is 12.7. The first-order valence-corrected chi connectivity index (χ1v) is 6.92. The van der Waals surface area contributed by atoms with Gasteiger partial charge in [-0.25, -0.2) is 0 Å². The Bertz CT molecular complexity index is 763. The van der Waals surface area contributed by atoms with Crippen molar-refractivity contribution in [2.24, 2.45) is 0 Å². The lowest BCUT2D eigenvalue weighted by atomic mass is 10.1. The Balaban J connectivity index is 2.10. The number of hydrogen-bond acceptors (Lipinski definition) is 3. The van der Waals surface area contributed by atoms with Crippen molar-refractivity contribution >= 4 is 16.7 Å². The number of ketones is 1. The van der Waals surface area contributed by atoms with E-state index >= 15 is 0 Å². The number of hydrogen-bond donors (Lipinski definition) is 0. The van der Waals surface area contributed by atoms with Crippen LogP contribution in [0.4, 0.5) is 0 Å². The number of nitrogens with zero attached hydrogens (tertiary/aromatic N) is 2. The third-order valence-corrected chi connectivity index (χ3v) is 3.41. The number of rotatable bonds is 5. The molecule has 4 heteroatoms. The van der Waals surface area contributed by atoms with Crippen LogP contribution in [0.2, 0.25) is 0 Å². The minimum Gasteiger partial charge on any atom is -0.361 e. The second kappa shape index (κ2) is 5.89. The van der Waals surface area contributed by atoms with Gasteiger partial charge in [0.25, 0.3) is 0 Å². The van der Waals surface area contributed by atoms with Crippen molar-refractivity contribution in [3.05, 3.63) is 66.1 Å². The van der Waals surface area contributed by atoms with Crippen molar-refractivity contribution in [2.45, 2.75) is 13.7 Å². The normalized spacial score (nSPS) is 10.9. The lowest BCUT2D eigenvalue weighted by Crippen LogP contribution is -2.12. The Morgan fingerprint density at radius 3 is 2.71 bits per heavy atom. The van der Waals surface area contributed by atoms with Crippen molar-refractivity contribution in [2.75, 3.05) is 6.61 Å². The van der Waals surface area contributed by atoms with Gasteiger partial charge in [-0.05, 0) is 31.2 Å². The smallest absolute Gasteiger partial charge is 0.209 e. The van der Waals surface area contributed by atoms with E-state index < -0.39 is 0 Å². The molecule has 3 rings (SSSR count). The number of carbonyl (C=O) groups is 1. The number of fused-ring (bicyclic) bond motifs is 1. The fourth-order valence-corrected chi connectivity index (χ4v) is 2.37. The molecule has 0 N–H and O–H groups in total. The van der Waals surface area contributed by atoms with E-state index in [1.165, 1.54) is 0 Å². The largest absolute Gasteiger partial charge is 0.361 e. The molecule has 0 amide bonds. The Kier molecular flexibility index (Phi) is 3.79. The summed E-state index contributed by atoms with van der Waals surface area (Å²) in [6.07, 6.45) is 3.26. The zero-order valence-electron chi connectivity index (χ0n) is 11.8. The zero-order valence-corrected chi connectivity index (χ0v) is 11.8. The van der Waals surface area contributed by atoms with Crippen LogP contribution in [-0.4, -0.2) is 21.9 Å². The topological polar surface area (TPSA) is 44.1 Å². The molecule has 0 aliphatic rings. The molecule has 0 saturated carbocycles. The minimum atomic E-state index is -0.0201. The highest BCUT2D eigenvalue weighted by Gasteiger charge is 2.16. The van der Waals surface area contributed by atoms with Crippen LogP contribution in [0.5, 0.6) is 0 Å². The molecule has 0 atom stereocenters. The molecule has 21 heavy (non-hydrogen) atoms. The van der Waals surface area contributed by atoms with Gasteiger partial charge in [0.2, 0.25) is 5.78 Å². The standard InChI is InChI=1S/C17H16N2O2/c1-2-21-12-19-15-6-4-3-5-14(15)11-16(19)17(20)13-7-9-18-10-8-13/h3-11H,2,12H2,1H3. The van der Waals surface area contributed by atoms with E-state index in [1.807, 2.05) is 41.8 Å². The Morgan fingerprint density at radius 2 is 1.95 bits per heavy atom.